The van der Waals surface area contributed by atoms with Gasteiger partial charge in [-0.2, -0.15) is 4.98 Å². The summed E-state index contributed by atoms with van der Waals surface area (Å²) in [7, 11) is 0. The van der Waals surface area contributed by atoms with Crippen molar-refractivity contribution in [2.75, 3.05) is 23.7 Å². The van der Waals surface area contributed by atoms with Crippen LogP contribution in [0.25, 0.3) is 6.08 Å². The second-order valence-corrected chi connectivity index (χ2v) is 7.12. The van der Waals surface area contributed by atoms with Crippen molar-refractivity contribution in [1.29, 1.82) is 0 Å². The molecule has 2 aromatic carbocycles. The predicted molar refractivity (Wildman–Crippen MR) is 123 cm³/mol. The van der Waals surface area contributed by atoms with Crippen LogP contribution in [0.2, 0.25) is 0 Å². The minimum atomic E-state index is -0.132. The van der Waals surface area contributed by atoms with Gasteiger partial charge in [-0.3, -0.25) is 4.79 Å². The maximum atomic E-state index is 12.0. The molecule has 6 heteroatoms. The highest BCUT2D eigenvalue weighted by Gasteiger charge is 2.03. The summed E-state index contributed by atoms with van der Waals surface area (Å²) in [5, 5.41) is 9.30. The van der Waals surface area contributed by atoms with Gasteiger partial charge in [-0.05, 0) is 50.1 Å². The van der Waals surface area contributed by atoms with Crippen molar-refractivity contribution in [2.45, 2.75) is 20.8 Å². The third-order valence-electron chi connectivity index (χ3n) is 4.49. The number of aryl methyl sites for hydroxylation is 3. The van der Waals surface area contributed by atoms with Crippen LogP contribution in [-0.2, 0) is 4.79 Å². The quantitative estimate of drug-likeness (QED) is 0.385. The zero-order chi connectivity index (χ0) is 21.3. The zero-order valence-electron chi connectivity index (χ0n) is 17.6. The molecule has 0 aliphatic heterocycles. The van der Waals surface area contributed by atoms with Gasteiger partial charge in [0.15, 0.2) is 0 Å². The molecule has 1 amide bonds. The summed E-state index contributed by atoms with van der Waals surface area (Å²) in [5.41, 5.74) is 5.20. The average Bonchev–Trinajstić information content (AvgIpc) is 2.72. The maximum absolute atomic E-state index is 12.0. The monoisotopic (exact) mass is 401 g/mol. The lowest BCUT2D eigenvalue weighted by atomic mass is 10.1. The third kappa shape index (κ3) is 6.44. The number of carbonyl (C=O) groups is 1. The summed E-state index contributed by atoms with van der Waals surface area (Å²) in [6, 6.07) is 18.0. The molecule has 0 atom stereocenters. The minimum Gasteiger partial charge on any atom is -0.352 e. The van der Waals surface area contributed by atoms with E-state index in [1.807, 2.05) is 74.5 Å². The molecular formula is C24H27N5O. The van der Waals surface area contributed by atoms with Gasteiger partial charge in [0.2, 0.25) is 11.9 Å². The number of nitrogens with zero attached hydrogens (tertiary/aromatic N) is 2. The molecule has 0 bridgehead atoms. The van der Waals surface area contributed by atoms with Crippen LogP contribution in [0.5, 0.6) is 0 Å². The lowest BCUT2D eigenvalue weighted by Crippen LogP contribution is -2.27. The van der Waals surface area contributed by atoms with Crippen LogP contribution in [0.15, 0.2) is 60.7 Å². The fourth-order valence-corrected chi connectivity index (χ4v) is 2.85. The molecule has 154 valence electrons. The van der Waals surface area contributed by atoms with Crippen molar-refractivity contribution in [2.24, 2.45) is 0 Å². The van der Waals surface area contributed by atoms with E-state index in [0.717, 1.165) is 28.3 Å². The summed E-state index contributed by atoms with van der Waals surface area (Å²) >= 11 is 0. The van der Waals surface area contributed by atoms with Crippen LogP contribution >= 0.6 is 0 Å². The number of benzene rings is 2. The van der Waals surface area contributed by atoms with Crippen LogP contribution in [-0.4, -0.2) is 29.0 Å². The molecule has 3 aromatic rings. The Hall–Kier alpha value is -3.67. The number of carbonyl (C=O) groups excluding carboxylic acids is 1. The Morgan fingerprint density at radius 1 is 0.967 bits per heavy atom. The first kappa shape index (κ1) is 21.0. The van der Waals surface area contributed by atoms with Gasteiger partial charge in [-0.1, -0.05) is 42.0 Å². The van der Waals surface area contributed by atoms with Gasteiger partial charge in [0.25, 0.3) is 0 Å². The van der Waals surface area contributed by atoms with E-state index in [4.69, 9.17) is 0 Å². The van der Waals surface area contributed by atoms with Gasteiger partial charge in [-0.25, -0.2) is 4.98 Å². The number of aromatic nitrogens is 2. The Morgan fingerprint density at radius 3 is 2.50 bits per heavy atom. The normalized spacial score (nSPS) is 10.8. The molecule has 0 fully saturated rings. The molecule has 0 saturated carbocycles. The first-order valence-corrected chi connectivity index (χ1v) is 9.94. The van der Waals surface area contributed by atoms with Crippen LogP contribution in [0.1, 0.15) is 22.4 Å². The minimum absolute atomic E-state index is 0.132. The highest BCUT2D eigenvalue weighted by molar-refractivity contribution is 5.91. The molecule has 0 saturated heterocycles. The lowest BCUT2D eigenvalue weighted by molar-refractivity contribution is -0.116. The van der Waals surface area contributed by atoms with Crippen LogP contribution in [0.4, 0.5) is 17.5 Å². The number of rotatable bonds is 8. The van der Waals surface area contributed by atoms with Crippen molar-refractivity contribution in [3.8, 4) is 0 Å². The molecule has 3 rings (SSSR count). The van der Waals surface area contributed by atoms with Crippen LogP contribution in [0, 0.1) is 20.8 Å². The van der Waals surface area contributed by atoms with Gasteiger partial charge in [0.1, 0.15) is 5.82 Å². The van der Waals surface area contributed by atoms with Crippen molar-refractivity contribution >= 4 is 29.4 Å². The van der Waals surface area contributed by atoms with Crippen LogP contribution in [0.3, 0.4) is 0 Å². The lowest BCUT2D eigenvalue weighted by Gasteiger charge is -2.10. The topological polar surface area (TPSA) is 78.9 Å². The van der Waals surface area contributed by atoms with E-state index < -0.39 is 0 Å². The number of nitrogens with one attached hydrogen (secondary N) is 3. The number of hydrogen-bond donors (Lipinski definition) is 3. The summed E-state index contributed by atoms with van der Waals surface area (Å²) in [4.78, 5) is 20.9. The fourth-order valence-electron chi connectivity index (χ4n) is 2.85. The SMILES string of the molecule is Cc1ccc(Nc2cc(C)nc(NCCNC(=O)/C=C/c3ccccc3C)n2)cc1. The number of anilines is 3. The smallest absolute Gasteiger partial charge is 0.244 e. The maximum Gasteiger partial charge on any atom is 0.244 e. The molecule has 1 aromatic heterocycles. The molecule has 0 unspecified atom stereocenters. The van der Waals surface area contributed by atoms with Crippen molar-refractivity contribution in [1.82, 2.24) is 15.3 Å². The van der Waals surface area contributed by atoms with Crippen molar-refractivity contribution in [3.63, 3.8) is 0 Å². The van der Waals surface area contributed by atoms with Gasteiger partial charge in [0.05, 0.1) is 0 Å². The molecule has 0 aliphatic carbocycles. The van der Waals surface area contributed by atoms with E-state index in [0.29, 0.717) is 19.0 Å². The Morgan fingerprint density at radius 2 is 1.73 bits per heavy atom. The summed E-state index contributed by atoms with van der Waals surface area (Å²) < 4.78 is 0. The Labute approximate surface area is 177 Å². The summed E-state index contributed by atoms with van der Waals surface area (Å²) in [6.07, 6.45) is 3.37. The van der Waals surface area contributed by atoms with E-state index in [2.05, 4.69) is 32.8 Å². The van der Waals surface area contributed by atoms with Gasteiger partial charge in [0, 0.05) is 36.6 Å². The van der Waals surface area contributed by atoms with Gasteiger partial charge in [-0.15, -0.1) is 0 Å². The highest BCUT2D eigenvalue weighted by atomic mass is 16.1. The Balaban J connectivity index is 1.48. The van der Waals surface area contributed by atoms with Gasteiger partial charge < -0.3 is 16.0 Å². The molecule has 0 spiro atoms. The van der Waals surface area contributed by atoms with E-state index in [-0.39, 0.29) is 5.91 Å². The predicted octanol–water partition coefficient (Wildman–Crippen LogP) is 4.39. The largest absolute Gasteiger partial charge is 0.352 e. The van der Waals surface area contributed by atoms with Gasteiger partial charge >= 0.3 is 0 Å². The molecule has 30 heavy (non-hydrogen) atoms. The van der Waals surface area contributed by atoms with E-state index in [9.17, 15) is 4.79 Å². The molecule has 1 heterocycles. The van der Waals surface area contributed by atoms with Crippen molar-refractivity contribution < 1.29 is 4.79 Å². The Kier molecular flexibility index (Phi) is 7.16. The second-order valence-electron chi connectivity index (χ2n) is 7.12. The summed E-state index contributed by atoms with van der Waals surface area (Å²) in [5.74, 6) is 1.11. The van der Waals surface area contributed by atoms with Crippen LogP contribution < -0.4 is 16.0 Å². The molecule has 0 aliphatic rings. The standard InChI is InChI=1S/C24H27N5O/c1-17-8-11-21(12-9-17)28-22-16-19(3)27-24(29-22)26-15-14-25-23(30)13-10-20-7-5-4-6-18(20)2/h4-13,16H,14-15H2,1-3H3,(H,25,30)(H2,26,27,28,29)/b13-10+. The number of hydrogen-bond acceptors (Lipinski definition) is 5. The third-order valence-corrected chi connectivity index (χ3v) is 4.49. The number of amides is 1. The molecule has 6 nitrogen and oxygen atoms in total. The average molecular weight is 402 g/mol. The van der Waals surface area contributed by atoms with E-state index in [1.54, 1.807) is 6.08 Å². The Bertz CT molecular complexity index is 1030. The summed E-state index contributed by atoms with van der Waals surface area (Å²) in [6.45, 7) is 6.99. The molecular weight excluding hydrogens is 374 g/mol. The zero-order valence-corrected chi connectivity index (χ0v) is 17.6. The molecule has 3 N–H and O–H groups in total. The fraction of sp³-hybridized carbons (Fsp3) is 0.208. The first-order valence-electron chi connectivity index (χ1n) is 9.94. The van der Waals surface area contributed by atoms with E-state index in [1.165, 1.54) is 5.56 Å². The first-order chi connectivity index (χ1) is 14.5. The van der Waals surface area contributed by atoms with E-state index >= 15 is 0 Å². The van der Waals surface area contributed by atoms with Crippen molar-refractivity contribution in [3.05, 3.63) is 83.1 Å². The second kappa shape index (κ2) is 10.2. The highest BCUT2D eigenvalue weighted by Crippen LogP contribution is 2.17. The molecule has 0 radical (unpaired) electrons.